The van der Waals surface area contributed by atoms with Crippen LogP contribution in [0.2, 0.25) is 0 Å². The number of carbonyl (C=O) groups excluding carboxylic acids is 1. The summed E-state index contributed by atoms with van der Waals surface area (Å²) in [6.07, 6.45) is 6.67. The first-order chi connectivity index (χ1) is 7.06. The smallest absolute Gasteiger partial charge is 0.331 e. The topological polar surface area (TPSA) is 38.3 Å². The summed E-state index contributed by atoms with van der Waals surface area (Å²) in [4.78, 5) is 10.7. The van der Waals surface area contributed by atoms with Crippen LogP contribution in [0.1, 0.15) is 40.0 Å². The molecule has 1 unspecified atom stereocenters. The second-order valence-electron chi connectivity index (χ2n) is 4.25. The van der Waals surface area contributed by atoms with Crippen molar-refractivity contribution in [2.75, 3.05) is 7.11 Å². The van der Waals surface area contributed by atoms with Crippen LogP contribution in [0.4, 0.5) is 0 Å². The predicted octanol–water partition coefficient (Wildman–Crippen LogP) is 2.48. The Morgan fingerprint density at radius 2 is 2.00 bits per heavy atom. The first-order valence-electron chi connectivity index (χ1n) is 5.56. The van der Waals surface area contributed by atoms with Crippen LogP contribution in [0.15, 0.2) is 12.3 Å². The Morgan fingerprint density at radius 3 is 2.53 bits per heavy atom. The van der Waals surface area contributed by atoms with Crippen LogP contribution in [0.5, 0.6) is 0 Å². The molecule has 0 bridgehead atoms. The molecule has 0 aliphatic carbocycles. The third-order valence-corrected chi connectivity index (χ3v) is 2.22. The summed E-state index contributed by atoms with van der Waals surface area (Å²) in [6.45, 7) is 6.58. The molecule has 0 radical (unpaired) electrons. The van der Waals surface area contributed by atoms with Gasteiger partial charge >= 0.3 is 5.97 Å². The third kappa shape index (κ3) is 9.32. The Hall–Kier alpha value is -0.990. The maximum atomic E-state index is 10.7. The van der Waals surface area contributed by atoms with Gasteiger partial charge in [-0.3, -0.25) is 0 Å². The molecule has 0 aromatic heterocycles. The Labute approximate surface area is 92.9 Å². The Balaban J connectivity index is 3.52. The van der Waals surface area contributed by atoms with Crippen LogP contribution < -0.4 is 5.32 Å². The van der Waals surface area contributed by atoms with Crippen LogP contribution in [-0.4, -0.2) is 19.1 Å². The summed E-state index contributed by atoms with van der Waals surface area (Å²) in [5.41, 5.74) is 0. The van der Waals surface area contributed by atoms with Crippen molar-refractivity contribution in [2.24, 2.45) is 5.92 Å². The maximum Gasteiger partial charge on any atom is 0.331 e. The molecule has 0 spiro atoms. The number of nitrogens with one attached hydrogen (secondary N) is 1. The van der Waals surface area contributed by atoms with Crippen LogP contribution in [0, 0.1) is 5.92 Å². The molecule has 1 atom stereocenters. The first kappa shape index (κ1) is 14.0. The summed E-state index contributed by atoms with van der Waals surface area (Å²) < 4.78 is 4.48. The van der Waals surface area contributed by atoms with Gasteiger partial charge in [-0.1, -0.05) is 26.7 Å². The fourth-order valence-electron chi connectivity index (χ4n) is 1.26. The molecule has 0 aliphatic heterocycles. The van der Waals surface area contributed by atoms with Crippen molar-refractivity contribution in [2.45, 2.75) is 46.1 Å². The molecule has 0 aromatic carbocycles. The fourth-order valence-corrected chi connectivity index (χ4v) is 1.26. The van der Waals surface area contributed by atoms with Crippen molar-refractivity contribution in [3.63, 3.8) is 0 Å². The highest BCUT2D eigenvalue weighted by atomic mass is 16.5. The highest BCUT2D eigenvalue weighted by molar-refractivity contribution is 5.81. The summed E-state index contributed by atoms with van der Waals surface area (Å²) in [5, 5.41) is 3.14. The SMILES string of the molecule is COC(=O)/C=C/NC(C)CCCC(C)C. The van der Waals surface area contributed by atoms with Crippen molar-refractivity contribution >= 4 is 5.97 Å². The van der Waals surface area contributed by atoms with Gasteiger partial charge in [-0.2, -0.15) is 0 Å². The monoisotopic (exact) mass is 213 g/mol. The minimum Gasteiger partial charge on any atom is -0.466 e. The summed E-state index contributed by atoms with van der Waals surface area (Å²) >= 11 is 0. The molecular weight excluding hydrogens is 190 g/mol. The van der Waals surface area contributed by atoms with Crippen LogP contribution >= 0.6 is 0 Å². The molecule has 0 saturated carbocycles. The molecule has 0 fully saturated rings. The molecule has 3 heteroatoms. The van der Waals surface area contributed by atoms with Gasteiger partial charge in [-0.05, 0) is 19.3 Å². The van der Waals surface area contributed by atoms with E-state index >= 15 is 0 Å². The van der Waals surface area contributed by atoms with Crippen LogP contribution in [0.25, 0.3) is 0 Å². The molecule has 3 nitrogen and oxygen atoms in total. The fraction of sp³-hybridized carbons (Fsp3) is 0.750. The van der Waals surface area contributed by atoms with Crippen molar-refractivity contribution in [1.29, 1.82) is 0 Å². The second kappa shape index (κ2) is 8.33. The largest absolute Gasteiger partial charge is 0.466 e. The lowest BCUT2D eigenvalue weighted by Crippen LogP contribution is -2.20. The molecular formula is C12H23NO2. The molecule has 88 valence electrons. The third-order valence-electron chi connectivity index (χ3n) is 2.22. The van der Waals surface area contributed by atoms with Gasteiger partial charge in [0.1, 0.15) is 0 Å². The van der Waals surface area contributed by atoms with E-state index in [4.69, 9.17) is 0 Å². The van der Waals surface area contributed by atoms with Gasteiger partial charge in [0.25, 0.3) is 0 Å². The second-order valence-corrected chi connectivity index (χ2v) is 4.25. The predicted molar refractivity (Wildman–Crippen MR) is 62.4 cm³/mol. The van der Waals surface area contributed by atoms with Crippen molar-refractivity contribution in [3.05, 3.63) is 12.3 Å². The zero-order chi connectivity index (χ0) is 11.7. The van der Waals surface area contributed by atoms with Gasteiger partial charge in [0.15, 0.2) is 0 Å². The molecule has 0 amide bonds. The number of methoxy groups -OCH3 is 1. The van der Waals surface area contributed by atoms with E-state index in [1.807, 2.05) is 0 Å². The van der Waals surface area contributed by atoms with E-state index in [-0.39, 0.29) is 5.97 Å². The summed E-state index contributed by atoms with van der Waals surface area (Å²) in [7, 11) is 1.37. The number of ether oxygens (including phenoxy) is 1. The normalized spacial score (nSPS) is 13.1. The Morgan fingerprint density at radius 1 is 1.33 bits per heavy atom. The average molecular weight is 213 g/mol. The van der Waals surface area contributed by atoms with Gasteiger partial charge in [-0.25, -0.2) is 4.79 Å². The van der Waals surface area contributed by atoms with Crippen LogP contribution in [0.3, 0.4) is 0 Å². The minimum absolute atomic E-state index is 0.322. The lowest BCUT2D eigenvalue weighted by atomic mass is 10.0. The molecule has 0 heterocycles. The number of rotatable bonds is 7. The van der Waals surface area contributed by atoms with Crippen molar-refractivity contribution in [1.82, 2.24) is 5.32 Å². The van der Waals surface area contributed by atoms with E-state index in [0.29, 0.717) is 6.04 Å². The number of esters is 1. The molecule has 15 heavy (non-hydrogen) atoms. The molecule has 1 N–H and O–H groups in total. The number of hydrogen-bond donors (Lipinski definition) is 1. The lowest BCUT2D eigenvalue weighted by Gasteiger charge is -2.12. The van der Waals surface area contributed by atoms with Gasteiger partial charge in [-0.15, -0.1) is 0 Å². The van der Waals surface area contributed by atoms with E-state index in [0.717, 1.165) is 12.3 Å². The summed E-state index contributed by atoms with van der Waals surface area (Å²) in [6, 6.07) is 0.407. The van der Waals surface area contributed by atoms with E-state index in [1.165, 1.54) is 26.0 Å². The zero-order valence-corrected chi connectivity index (χ0v) is 10.2. The molecule has 0 aromatic rings. The van der Waals surface area contributed by atoms with Crippen LogP contribution in [-0.2, 0) is 9.53 Å². The molecule has 0 rings (SSSR count). The quantitative estimate of drug-likeness (QED) is 0.521. The van der Waals surface area contributed by atoms with E-state index in [9.17, 15) is 4.79 Å². The first-order valence-corrected chi connectivity index (χ1v) is 5.56. The van der Waals surface area contributed by atoms with Gasteiger partial charge < -0.3 is 10.1 Å². The molecule has 0 aliphatic rings. The van der Waals surface area contributed by atoms with Gasteiger partial charge in [0.05, 0.1) is 7.11 Å². The van der Waals surface area contributed by atoms with Crippen molar-refractivity contribution < 1.29 is 9.53 Å². The Bertz CT molecular complexity index is 200. The minimum atomic E-state index is -0.322. The molecule has 0 saturated heterocycles. The van der Waals surface area contributed by atoms with E-state index in [2.05, 4.69) is 30.8 Å². The highest BCUT2D eigenvalue weighted by Gasteiger charge is 2.00. The van der Waals surface area contributed by atoms with Crippen molar-refractivity contribution in [3.8, 4) is 0 Å². The maximum absolute atomic E-state index is 10.7. The summed E-state index contributed by atoms with van der Waals surface area (Å²) in [5.74, 6) is 0.444. The van der Waals surface area contributed by atoms with Gasteiger partial charge in [0, 0.05) is 18.3 Å². The van der Waals surface area contributed by atoms with Gasteiger partial charge in [0.2, 0.25) is 0 Å². The lowest BCUT2D eigenvalue weighted by molar-refractivity contribution is -0.134. The standard InChI is InChI=1S/C12H23NO2/c1-10(2)6-5-7-11(3)13-9-8-12(14)15-4/h8-11,13H,5-7H2,1-4H3/b9-8+. The average Bonchev–Trinajstić information content (AvgIpc) is 2.17. The van der Waals surface area contributed by atoms with E-state index in [1.54, 1.807) is 6.20 Å². The van der Waals surface area contributed by atoms with E-state index < -0.39 is 0 Å². The highest BCUT2D eigenvalue weighted by Crippen LogP contribution is 2.07. The zero-order valence-electron chi connectivity index (χ0n) is 10.2. The number of hydrogen-bond acceptors (Lipinski definition) is 3. The Kier molecular flexibility index (Phi) is 7.78. The number of carbonyl (C=O) groups is 1.